The van der Waals surface area contributed by atoms with Crippen LogP contribution in [0.4, 0.5) is 0 Å². The van der Waals surface area contributed by atoms with Crippen molar-refractivity contribution >= 4 is 5.97 Å². The Hall–Kier alpha value is -2.29. The second kappa shape index (κ2) is 6.24. The summed E-state index contributed by atoms with van der Waals surface area (Å²) in [5, 5.41) is 0. The van der Waals surface area contributed by atoms with Crippen LogP contribution in [0, 0.1) is 13.8 Å². The van der Waals surface area contributed by atoms with Gasteiger partial charge in [0.25, 0.3) is 0 Å². The molecule has 0 aromatic heterocycles. The van der Waals surface area contributed by atoms with E-state index in [1.54, 1.807) is 12.1 Å². The van der Waals surface area contributed by atoms with Crippen molar-refractivity contribution in [2.24, 2.45) is 0 Å². The SMILES string of the molecule is COC(=O)c1cccc(COc2cc(C)cc(C)c2)c1. The number of carbonyl (C=O) groups excluding carboxylic acids is 1. The molecule has 3 nitrogen and oxygen atoms in total. The molecule has 0 aliphatic carbocycles. The highest BCUT2D eigenvalue weighted by atomic mass is 16.5. The zero-order chi connectivity index (χ0) is 14.5. The van der Waals surface area contributed by atoms with Gasteiger partial charge in [-0.05, 0) is 54.8 Å². The Bertz CT molecular complexity index is 597. The van der Waals surface area contributed by atoms with Gasteiger partial charge in [0.1, 0.15) is 12.4 Å². The number of hydrogen-bond acceptors (Lipinski definition) is 3. The van der Waals surface area contributed by atoms with E-state index in [1.807, 2.05) is 38.1 Å². The smallest absolute Gasteiger partial charge is 0.337 e. The number of methoxy groups -OCH3 is 1. The van der Waals surface area contributed by atoms with Crippen molar-refractivity contribution in [2.45, 2.75) is 20.5 Å². The van der Waals surface area contributed by atoms with Crippen LogP contribution in [0.5, 0.6) is 5.75 Å². The van der Waals surface area contributed by atoms with Crippen molar-refractivity contribution in [3.63, 3.8) is 0 Å². The van der Waals surface area contributed by atoms with Crippen molar-refractivity contribution in [1.82, 2.24) is 0 Å². The van der Waals surface area contributed by atoms with E-state index in [4.69, 9.17) is 9.47 Å². The van der Waals surface area contributed by atoms with Gasteiger partial charge in [-0.3, -0.25) is 0 Å². The van der Waals surface area contributed by atoms with E-state index in [0.29, 0.717) is 12.2 Å². The molecule has 2 aromatic carbocycles. The van der Waals surface area contributed by atoms with Gasteiger partial charge in [0.15, 0.2) is 0 Å². The second-order valence-corrected chi connectivity index (χ2v) is 4.80. The zero-order valence-electron chi connectivity index (χ0n) is 12.0. The molecule has 0 aliphatic rings. The molecule has 104 valence electrons. The number of ether oxygens (including phenoxy) is 2. The van der Waals surface area contributed by atoms with Crippen molar-refractivity contribution in [1.29, 1.82) is 0 Å². The Kier molecular flexibility index (Phi) is 4.41. The molecule has 0 unspecified atom stereocenters. The summed E-state index contributed by atoms with van der Waals surface area (Å²) in [6.07, 6.45) is 0. The summed E-state index contributed by atoms with van der Waals surface area (Å²) >= 11 is 0. The lowest BCUT2D eigenvalue weighted by Gasteiger charge is -2.09. The fourth-order valence-electron chi connectivity index (χ4n) is 2.09. The molecule has 0 N–H and O–H groups in total. The normalized spacial score (nSPS) is 10.2. The second-order valence-electron chi connectivity index (χ2n) is 4.80. The maximum Gasteiger partial charge on any atom is 0.337 e. The molecule has 0 radical (unpaired) electrons. The van der Waals surface area contributed by atoms with Crippen LogP contribution in [0.1, 0.15) is 27.0 Å². The van der Waals surface area contributed by atoms with E-state index in [2.05, 4.69) is 6.07 Å². The summed E-state index contributed by atoms with van der Waals surface area (Å²) in [5.41, 5.74) is 3.81. The highest BCUT2D eigenvalue weighted by molar-refractivity contribution is 5.89. The first-order chi connectivity index (χ1) is 9.58. The first-order valence-corrected chi connectivity index (χ1v) is 6.47. The van der Waals surface area contributed by atoms with Crippen LogP contribution in [-0.2, 0) is 11.3 Å². The van der Waals surface area contributed by atoms with Gasteiger partial charge in [-0.15, -0.1) is 0 Å². The average molecular weight is 270 g/mol. The third-order valence-corrected chi connectivity index (χ3v) is 2.95. The lowest BCUT2D eigenvalue weighted by molar-refractivity contribution is 0.0600. The first-order valence-electron chi connectivity index (χ1n) is 6.47. The van der Waals surface area contributed by atoms with Gasteiger partial charge in [-0.1, -0.05) is 18.2 Å². The Morgan fingerprint density at radius 1 is 1.05 bits per heavy atom. The maximum atomic E-state index is 11.5. The van der Waals surface area contributed by atoms with E-state index in [9.17, 15) is 4.79 Å². The highest BCUT2D eigenvalue weighted by Gasteiger charge is 2.06. The van der Waals surface area contributed by atoms with Crippen LogP contribution in [0.25, 0.3) is 0 Å². The average Bonchev–Trinajstić information content (AvgIpc) is 2.43. The van der Waals surface area contributed by atoms with Crippen LogP contribution >= 0.6 is 0 Å². The fourth-order valence-corrected chi connectivity index (χ4v) is 2.09. The van der Waals surface area contributed by atoms with Crippen molar-refractivity contribution in [3.8, 4) is 5.75 Å². The van der Waals surface area contributed by atoms with E-state index >= 15 is 0 Å². The van der Waals surface area contributed by atoms with E-state index in [1.165, 1.54) is 18.2 Å². The zero-order valence-corrected chi connectivity index (χ0v) is 12.0. The van der Waals surface area contributed by atoms with Gasteiger partial charge in [-0.2, -0.15) is 0 Å². The van der Waals surface area contributed by atoms with Gasteiger partial charge in [0.2, 0.25) is 0 Å². The van der Waals surface area contributed by atoms with Crippen LogP contribution < -0.4 is 4.74 Å². The molecular formula is C17H18O3. The predicted molar refractivity (Wildman–Crippen MR) is 78.0 cm³/mol. The van der Waals surface area contributed by atoms with Crippen molar-refractivity contribution in [2.75, 3.05) is 7.11 Å². The monoisotopic (exact) mass is 270 g/mol. The standard InChI is InChI=1S/C17H18O3/c1-12-7-13(2)9-16(8-12)20-11-14-5-4-6-15(10-14)17(18)19-3/h4-10H,11H2,1-3H3. The summed E-state index contributed by atoms with van der Waals surface area (Å²) in [5.74, 6) is 0.504. The summed E-state index contributed by atoms with van der Waals surface area (Å²) in [7, 11) is 1.38. The molecule has 0 atom stereocenters. The molecule has 0 amide bonds. The van der Waals surface area contributed by atoms with Gasteiger partial charge < -0.3 is 9.47 Å². The van der Waals surface area contributed by atoms with E-state index in [0.717, 1.165) is 11.3 Å². The Morgan fingerprint density at radius 3 is 2.40 bits per heavy atom. The minimum absolute atomic E-state index is 0.335. The molecule has 0 saturated carbocycles. The number of hydrogen-bond donors (Lipinski definition) is 0. The molecule has 3 heteroatoms. The summed E-state index contributed by atoms with van der Waals surface area (Å²) < 4.78 is 10.5. The lowest BCUT2D eigenvalue weighted by Crippen LogP contribution is -2.03. The molecule has 2 aromatic rings. The number of carbonyl (C=O) groups is 1. The molecule has 0 aliphatic heterocycles. The van der Waals surface area contributed by atoms with Gasteiger partial charge in [0.05, 0.1) is 12.7 Å². The van der Waals surface area contributed by atoms with Crippen LogP contribution in [0.3, 0.4) is 0 Å². The molecule has 0 bridgehead atoms. The van der Waals surface area contributed by atoms with Crippen molar-refractivity contribution in [3.05, 3.63) is 64.7 Å². The molecule has 0 heterocycles. The minimum atomic E-state index is -0.335. The largest absolute Gasteiger partial charge is 0.489 e. The Labute approximate surface area is 119 Å². The Morgan fingerprint density at radius 2 is 1.75 bits per heavy atom. The Balaban J connectivity index is 2.09. The molecule has 0 fully saturated rings. The molecular weight excluding hydrogens is 252 g/mol. The number of esters is 1. The summed E-state index contributed by atoms with van der Waals surface area (Å²) in [6, 6.07) is 13.4. The van der Waals surface area contributed by atoms with E-state index in [-0.39, 0.29) is 5.97 Å². The number of rotatable bonds is 4. The number of aryl methyl sites for hydroxylation is 2. The summed E-state index contributed by atoms with van der Waals surface area (Å²) in [4.78, 5) is 11.5. The third-order valence-electron chi connectivity index (χ3n) is 2.95. The van der Waals surface area contributed by atoms with Crippen molar-refractivity contribution < 1.29 is 14.3 Å². The first kappa shape index (κ1) is 14.1. The van der Waals surface area contributed by atoms with E-state index < -0.39 is 0 Å². The van der Waals surface area contributed by atoms with Crippen LogP contribution in [-0.4, -0.2) is 13.1 Å². The van der Waals surface area contributed by atoms with Gasteiger partial charge in [0, 0.05) is 0 Å². The summed E-state index contributed by atoms with van der Waals surface area (Å²) in [6.45, 7) is 4.50. The molecule has 20 heavy (non-hydrogen) atoms. The maximum absolute atomic E-state index is 11.5. The van der Waals surface area contributed by atoms with Crippen LogP contribution in [0.2, 0.25) is 0 Å². The molecule has 0 saturated heterocycles. The minimum Gasteiger partial charge on any atom is -0.489 e. The molecule has 2 rings (SSSR count). The highest BCUT2D eigenvalue weighted by Crippen LogP contribution is 2.18. The van der Waals surface area contributed by atoms with Gasteiger partial charge >= 0.3 is 5.97 Å². The topological polar surface area (TPSA) is 35.5 Å². The van der Waals surface area contributed by atoms with Gasteiger partial charge in [-0.25, -0.2) is 4.79 Å². The quantitative estimate of drug-likeness (QED) is 0.795. The van der Waals surface area contributed by atoms with Crippen LogP contribution in [0.15, 0.2) is 42.5 Å². The lowest BCUT2D eigenvalue weighted by atomic mass is 10.1. The number of benzene rings is 2. The molecule has 0 spiro atoms. The predicted octanol–water partition coefficient (Wildman–Crippen LogP) is 3.67. The third kappa shape index (κ3) is 3.60. The fraction of sp³-hybridized carbons (Fsp3) is 0.235.